The first kappa shape index (κ1) is 26.6. The lowest BCUT2D eigenvalue weighted by Gasteiger charge is -2.40. The minimum absolute atomic E-state index is 0.146. The predicted octanol–water partition coefficient (Wildman–Crippen LogP) is 6.58. The first-order valence-corrected chi connectivity index (χ1v) is 13.3. The van der Waals surface area contributed by atoms with E-state index in [1.54, 1.807) is 4.90 Å². The van der Waals surface area contributed by atoms with Gasteiger partial charge in [-0.1, -0.05) is 81.4 Å². The highest BCUT2D eigenvalue weighted by Gasteiger charge is 2.39. The van der Waals surface area contributed by atoms with E-state index < -0.39 is 17.6 Å². The van der Waals surface area contributed by atoms with Crippen molar-refractivity contribution in [2.24, 2.45) is 11.1 Å². The summed E-state index contributed by atoms with van der Waals surface area (Å²) < 4.78 is 16.9. The van der Waals surface area contributed by atoms with Crippen LogP contribution in [0.5, 0.6) is 0 Å². The van der Waals surface area contributed by atoms with Crippen LogP contribution in [0.4, 0.5) is 14.9 Å². The summed E-state index contributed by atoms with van der Waals surface area (Å²) in [5.74, 6) is 0.694. The number of aromatic nitrogens is 2. The van der Waals surface area contributed by atoms with Crippen LogP contribution in [0.25, 0.3) is 11.3 Å². The molecule has 0 fully saturated rings. The number of benzene rings is 2. The Labute approximate surface area is 222 Å². The normalized spacial score (nSPS) is 13.2. The van der Waals surface area contributed by atoms with Crippen LogP contribution in [0, 0.1) is 5.41 Å². The molecule has 2 heterocycles. The third-order valence-corrected chi connectivity index (χ3v) is 6.82. The fourth-order valence-corrected chi connectivity index (χ4v) is 5.01. The van der Waals surface area contributed by atoms with Crippen molar-refractivity contribution in [3.8, 4) is 11.3 Å². The van der Waals surface area contributed by atoms with E-state index >= 15 is 0 Å². The lowest BCUT2D eigenvalue weighted by atomic mass is 9.84. The molecule has 0 saturated heterocycles. The van der Waals surface area contributed by atoms with Gasteiger partial charge >= 0.3 is 6.03 Å². The fourth-order valence-electron chi connectivity index (χ4n) is 4.42. The summed E-state index contributed by atoms with van der Waals surface area (Å²) in [4.78, 5) is 20.3. The summed E-state index contributed by atoms with van der Waals surface area (Å²) in [7, 11) is 0. The monoisotopic (exact) mass is 519 g/mol. The topological polar surface area (TPSA) is 76.2 Å². The highest BCUT2D eigenvalue weighted by Crippen LogP contribution is 2.39. The van der Waals surface area contributed by atoms with Crippen molar-refractivity contribution in [1.29, 1.82) is 0 Å². The van der Waals surface area contributed by atoms with Gasteiger partial charge in [0.05, 0.1) is 24.0 Å². The van der Waals surface area contributed by atoms with Gasteiger partial charge in [-0.25, -0.2) is 14.2 Å². The van der Waals surface area contributed by atoms with Crippen LogP contribution < -0.4 is 11.1 Å². The van der Waals surface area contributed by atoms with Gasteiger partial charge in [0.15, 0.2) is 0 Å². The van der Waals surface area contributed by atoms with Gasteiger partial charge in [0.25, 0.3) is 0 Å². The maximum absolute atomic E-state index is 14.8. The fraction of sp³-hybridized carbons (Fsp3) is 0.310. The summed E-state index contributed by atoms with van der Waals surface area (Å²) in [5, 5.41) is 6.67. The standard InChI is InChI=1S/C29H34FN5OS/c1-29(2,3)26(35(18-23(30)16-31)28(36)32-24-14-15-37-20-24)27-33-25(22-12-8-5-9-13-22)19-34(27)17-21-10-6-4-7-11-21/h4-15,19-20,23,26H,16-18,31H2,1-3H3,(H,32,36). The number of carbonyl (C=O) groups excluding carboxylic acids is 1. The number of carbonyl (C=O) groups is 1. The van der Waals surface area contributed by atoms with E-state index in [0.29, 0.717) is 18.1 Å². The van der Waals surface area contributed by atoms with Crippen LogP contribution in [-0.2, 0) is 6.54 Å². The van der Waals surface area contributed by atoms with Crippen LogP contribution in [0.1, 0.15) is 38.2 Å². The van der Waals surface area contributed by atoms with E-state index in [4.69, 9.17) is 10.7 Å². The van der Waals surface area contributed by atoms with E-state index in [9.17, 15) is 9.18 Å². The molecule has 37 heavy (non-hydrogen) atoms. The SMILES string of the molecule is CC(C)(C)C(c1nc(-c2ccccc2)cn1Cc1ccccc1)N(CC(F)CN)C(=O)Nc1ccsc1. The molecule has 2 unspecified atom stereocenters. The highest BCUT2D eigenvalue weighted by molar-refractivity contribution is 7.08. The Morgan fingerprint density at radius 2 is 1.78 bits per heavy atom. The minimum atomic E-state index is -1.37. The van der Waals surface area contributed by atoms with Gasteiger partial charge in [-0.3, -0.25) is 0 Å². The molecular formula is C29H34FN5OS. The smallest absolute Gasteiger partial charge is 0.322 e. The molecule has 0 spiro atoms. The summed E-state index contributed by atoms with van der Waals surface area (Å²) in [6.07, 6.45) is 0.644. The van der Waals surface area contributed by atoms with Crippen LogP contribution in [-0.4, -0.2) is 39.7 Å². The van der Waals surface area contributed by atoms with E-state index in [1.165, 1.54) is 11.3 Å². The number of thiophene rings is 1. The first-order chi connectivity index (χ1) is 17.8. The van der Waals surface area contributed by atoms with E-state index in [1.807, 2.05) is 92.3 Å². The molecule has 3 N–H and O–H groups in total. The molecule has 2 atom stereocenters. The zero-order valence-corrected chi connectivity index (χ0v) is 22.3. The second-order valence-electron chi connectivity index (χ2n) is 10.2. The lowest BCUT2D eigenvalue weighted by Crippen LogP contribution is -2.48. The lowest BCUT2D eigenvalue weighted by molar-refractivity contribution is 0.0960. The third-order valence-electron chi connectivity index (χ3n) is 6.13. The average Bonchev–Trinajstić information content (AvgIpc) is 3.54. The van der Waals surface area contributed by atoms with Crippen molar-refractivity contribution < 1.29 is 9.18 Å². The van der Waals surface area contributed by atoms with Gasteiger partial charge in [-0.15, -0.1) is 0 Å². The zero-order valence-electron chi connectivity index (χ0n) is 21.5. The van der Waals surface area contributed by atoms with Crippen molar-refractivity contribution in [2.45, 2.75) is 39.5 Å². The van der Waals surface area contributed by atoms with E-state index in [0.717, 1.165) is 16.8 Å². The summed E-state index contributed by atoms with van der Waals surface area (Å²) in [6, 6.07) is 21.0. The zero-order chi connectivity index (χ0) is 26.4. The number of rotatable bonds is 9. The van der Waals surface area contributed by atoms with Crippen LogP contribution in [0.2, 0.25) is 0 Å². The number of amides is 2. The Morgan fingerprint density at radius 3 is 2.38 bits per heavy atom. The largest absolute Gasteiger partial charge is 0.328 e. The second kappa shape index (κ2) is 11.7. The molecular weight excluding hydrogens is 485 g/mol. The molecule has 2 amide bonds. The summed E-state index contributed by atoms with van der Waals surface area (Å²) in [6.45, 7) is 6.38. The number of imidazole rings is 1. The molecule has 0 aliphatic heterocycles. The van der Waals surface area contributed by atoms with E-state index in [2.05, 4.69) is 22.0 Å². The quantitative estimate of drug-likeness (QED) is 0.262. The molecule has 4 rings (SSSR count). The summed E-state index contributed by atoms with van der Waals surface area (Å²) >= 11 is 1.48. The second-order valence-corrected chi connectivity index (χ2v) is 10.9. The molecule has 194 valence electrons. The van der Waals surface area contributed by atoms with Crippen molar-refractivity contribution in [3.63, 3.8) is 0 Å². The molecule has 2 aromatic heterocycles. The Balaban J connectivity index is 1.83. The van der Waals surface area contributed by atoms with Gasteiger partial charge in [-0.05, 0) is 22.4 Å². The molecule has 2 aromatic carbocycles. The Morgan fingerprint density at radius 1 is 1.11 bits per heavy atom. The number of halogens is 1. The Hall–Kier alpha value is -3.49. The molecule has 0 radical (unpaired) electrons. The molecule has 6 nitrogen and oxygen atoms in total. The van der Waals surface area contributed by atoms with Gasteiger partial charge in [-0.2, -0.15) is 11.3 Å². The van der Waals surface area contributed by atoms with Crippen LogP contribution in [0.15, 0.2) is 83.7 Å². The predicted molar refractivity (Wildman–Crippen MR) is 149 cm³/mol. The number of nitrogens with zero attached hydrogens (tertiary/aromatic N) is 3. The van der Waals surface area contributed by atoms with E-state index in [-0.39, 0.29) is 19.1 Å². The number of nitrogens with one attached hydrogen (secondary N) is 1. The highest BCUT2D eigenvalue weighted by atomic mass is 32.1. The summed E-state index contributed by atoms with van der Waals surface area (Å²) in [5.41, 5.74) is 8.75. The van der Waals surface area contributed by atoms with Crippen LogP contribution in [0.3, 0.4) is 0 Å². The third kappa shape index (κ3) is 6.64. The number of alkyl halides is 1. The number of anilines is 1. The molecule has 0 aliphatic rings. The number of hydrogen-bond donors (Lipinski definition) is 2. The van der Waals surface area contributed by atoms with Gasteiger partial charge < -0.3 is 20.5 Å². The minimum Gasteiger partial charge on any atom is -0.328 e. The maximum Gasteiger partial charge on any atom is 0.322 e. The van der Waals surface area contributed by atoms with Gasteiger partial charge in [0.1, 0.15) is 12.0 Å². The molecule has 4 aromatic rings. The Bertz CT molecular complexity index is 1270. The Kier molecular flexibility index (Phi) is 8.41. The van der Waals surface area contributed by atoms with Crippen molar-refractivity contribution in [3.05, 3.63) is 95.1 Å². The average molecular weight is 520 g/mol. The molecule has 8 heteroatoms. The van der Waals surface area contributed by atoms with Crippen LogP contribution >= 0.6 is 11.3 Å². The van der Waals surface area contributed by atoms with Crippen molar-refractivity contribution in [1.82, 2.24) is 14.5 Å². The maximum atomic E-state index is 14.8. The molecule has 0 bridgehead atoms. The van der Waals surface area contributed by atoms with Gasteiger partial charge in [0, 0.05) is 30.2 Å². The van der Waals surface area contributed by atoms with Crippen molar-refractivity contribution in [2.75, 3.05) is 18.4 Å². The number of hydrogen-bond acceptors (Lipinski definition) is 4. The number of nitrogens with two attached hydrogens (primary N) is 1. The molecule has 0 saturated carbocycles. The number of urea groups is 1. The van der Waals surface area contributed by atoms with Gasteiger partial charge in [0.2, 0.25) is 0 Å². The first-order valence-electron chi connectivity index (χ1n) is 12.4. The van der Waals surface area contributed by atoms with Crippen molar-refractivity contribution >= 4 is 23.1 Å². The molecule has 0 aliphatic carbocycles.